The normalized spacial score (nSPS) is 10.2. The molecule has 0 fully saturated rings. The lowest BCUT2D eigenvalue weighted by atomic mass is 10.1. The molecule has 19 heavy (non-hydrogen) atoms. The van der Waals surface area contributed by atoms with Gasteiger partial charge in [0, 0.05) is 17.7 Å². The lowest BCUT2D eigenvalue weighted by Crippen LogP contribution is -2.22. The molecule has 0 unspecified atom stereocenters. The Labute approximate surface area is 109 Å². The van der Waals surface area contributed by atoms with Crippen LogP contribution in [0.5, 0.6) is 0 Å². The van der Waals surface area contributed by atoms with Crippen LogP contribution in [0.2, 0.25) is 0 Å². The van der Waals surface area contributed by atoms with E-state index in [-0.39, 0.29) is 17.5 Å². The van der Waals surface area contributed by atoms with E-state index in [4.69, 9.17) is 9.52 Å². The van der Waals surface area contributed by atoms with Gasteiger partial charge in [0.05, 0.1) is 0 Å². The smallest absolute Gasteiger partial charge is 0.357 e. The molecule has 0 saturated carbocycles. The maximum Gasteiger partial charge on any atom is 0.357 e. The molecule has 6 nitrogen and oxygen atoms in total. The van der Waals surface area contributed by atoms with Crippen molar-refractivity contribution in [2.45, 2.75) is 6.92 Å². The van der Waals surface area contributed by atoms with Gasteiger partial charge in [-0.05, 0) is 31.2 Å². The zero-order valence-corrected chi connectivity index (χ0v) is 10.2. The van der Waals surface area contributed by atoms with Crippen molar-refractivity contribution < 1.29 is 19.1 Å². The highest BCUT2D eigenvalue weighted by Crippen LogP contribution is 2.19. The molecule has 0 aliphatic rings. The van der Waals surface area contributed by atoms with Crippen LogP contribution >= 0.6 is 0 Å². The van der Waals surface area contributed by atoms with Gasteiger partial charge < -0.3 is 14.8 Å². The molecule has 0 aliphatic carbocycles. The quantitative estimate of drug-likeness (QED) is 0.874. The highest BCUT2D eigenvalue weighted by Gasteiger charge is 2.12. The number of nitrogens with one attached hydrogen (secondary N) is 1. The SMILES string of the molecule is CCNC(=O)c1ccc(-c2nc(C(=O)O)co2)cc1. The third-order valence-corrected chi connectivity index (χ3v) is 2.45. The molecule has 0 aliphatic heterocycles. The summed E-state index contributed by atoms with van der Waals surface area (Å²) in [6, 6.07) is 6.57. The number of carbonyl (C=O) groups excluding carboxylic acids is 1. The first-order valence-electron chi connectivity index (χ1n) is 5.69. The minimum Gasteiger partial charge on any atom is -0.476 e. The number of carboxylic acid groups (broad SMARTS) is 1. The maximum absolute atomic E-state index is 11.6. The standard InChI is InChI=1S/C13H12N2O4/c1-2-14-11(16)8-3-5-9(6-4-8)12-15-10(7-19-12)13(17)18/h3-7H,2H2,1H3,(H,14,16)(H,17,18). The second-order valence-corrected chi connectivity index (χ2v) is 3.78. The molecule has 0 saturated heterocycles. The molecule has 0 radical (unpaired) electrons. The minimum atomic E-state index is -1.14. The summed E-state index contributed by atoms with van der Waals surface area (Å²) >= 11 is 0. The minimum absolute atomic E-state index is 0.150. The van der Waals surface area contributed by atoms with E-state index in [0.717, 1.165) is 6.26 Å². The first-order valence-corrected chi connectivity index (χ1v) is 5.69. The molecule has 2 rings (SSSR count). The van der Waals surface area contributed by atoms with Crippen molar-refractivity contribution >= 4 is 11.9 Å². The average molecular weight is 260 g/mol. The highest BCUT2D eigenvalue weighted by molar-refractivity contribution is 5.94. The van der Waals surface area contributed by atoms with Gasteiger partial charge in [-0.25, -0.2) is 9.78 Å². The van der Waals surface area contributed by atoms with Crippen LogP contribution in [-0.2, 0) is 0 Å². The van der Waals surface area contributed by atoms with Gasteiger partial charge >= 0.3 is 5.97 Å². The largest absolute Gasteiger partial charge is 0.476 e. The summed E-state index contributed by atoms with van der Waals surface area (Å²) in [5.74, 6) is -1.10. The van der Waals surface area contributed by atoms with Gasteiger partial charge in [0.1, 0.15) is 6.26 Å². The second kappa shape index (κ2) is 5.34. The number of carbonyl (C=O) groups is 2. The summed E-state index contributed by atoms with van der Waals surface area (Å²) in [6.45, 7) is 2.40. The molecule has 1 amide bonds. The maximum atomic E-state index is 11.6. The van der Waals surface area contributed by atoms with Crippen molar-refractivity contribution in [3.63, 3.8) is 0 Å². The molecule has 1 aromatic carbocycles. The predicted molar refractivity (Wildman–Crippen MR) is 66.9 cm³/mol. The zero-order valence-electron chi connectivity index (χ0n) is 10.2. The molecule has 0 atom stereocenters. The van der Waals surface area contributed by atoms with Crippen molar-refractivity contribution in [3.05, 3.63) is 41.8 Å². The third-order valence-electron chi connectivity index (χ3n) is 2.45. The van der Waals surface area contributed by atoms with E-state index < -0.39 is 5.97 Å². The number of aromatic carboxylic acids is 1. The van der Waals surface area contributed by atoms with Crippen LogP contribution in [0, 0.1) is 0 Å². The number of rotatable bonds is 4. The lowest BCUT2D eigenvalue weighted by Gasteiger charge is -2.02. The first kappa shape index (κ1) is 12.8. The summed E-state index contributed by atoms with van der Waals surface area (Å²) < 4.78 is 5.07. The fourth-order valence-corrected chi connectivity index (χ4v) is 1.53. The van der Waals surface area contributed by atoms with Crippen molar-refractivity contribution in [3.8, 4) is 11.5 Å². The highest BCUT2D eigenvalue weighted by atomic mass is 16.4. The monoisotopic (exact) mass is 260 g/mol. The molecule has 2 N–H and O–H groups in total. The molecule has 98 valence electrons. The summed E-state index contributed by atoms with van der Waals surface area (Å²) in [5, 5.41) is 11.4. The molecule has 1 heterocycles. The van der Waals surface area contributed by atoms with Gasteiger partial charge in [0.2, 0.25) is 5.89 Å². The molecular formula is C13H12N2O4. The summed E-state index contributed by atoms with van der Waals surface area (Å²) in [7, 11) is 0. The topological polar surface area (TPSA) is 92.4 Å². The Morgan fingerprint density at radius 3 is 2.53 bits per heavy atom. The van der Waals surface area contributed by atoms with E-state index >= 15 is 0 Å². The van der Waals surface area contributed by atoms with Gasteiger partial charge in [-0.1, -0.05) is 0 Å². The molecule has 1 aromatic heterocycles. The van der Waals surface area contributed by atoms with E-state index in [0.29, 0.717) is 17.7 Å². The molecule has 2 aromatic rings. The van der Waals surface area contributed by atoms with Gasteiger partial charge in [-0.3, -0.25) is 4.79 Å². The molecule has 0 spiro atoms. The van der Waals surface area contributed by atoms with Crippen LogP contribution in [-0.4, -0.2) is 28.5 Å². The molecule has 6 heteroatoms. The number of aromatic nitrogens is 1. The van der Waals surface area contributed by atoms with Gasteiger partial charge in [0.25, 0.3) is 5.91 Å². The number of hydrogen-bond acceptors (Lipinski definition) is 4. The van der Waals surface area contributed by atoms with Crippen LogP contribution in [0.1, 0.15) is 27.8 Å². The van der Waals surface area contributed by atoms with Crippen LogP contribution < -0.4 is 5.32 Å². The van der Waals surface area contributed by atoms with Crippen molar-refractivity contribution in [1.82, 2.24) is 10.3 Å². The Hall–Kier alpha value is -2.63. The summed E-state index contributed by atoms with van der Waals surface area (Å²) in [6.07, 6.45) is 1.08. The average Bonchev–Trinajstić information content (AvgIpc) is 2.89. The van der Waals surface area contributed by atoms with Crippen LogP contribution in [0.15, 0.2) is 34.9 Å². The number of nitrogens with zero attached hydrogens (tertiary/aromatic N) is 1. The van der Waals surface area contributed by atoms with Crippen molar-refractivity contribution in [2.75, 3.05) is 6.54 Å². The van der Waals surface area contributed by atoms with Crippen LogP contribution in [0.3, 0.4) is 0 Å². The fraction of sp³-hybridized carbons (Fsp3) is 0.154. The van der Waals surface area contributed by atoms with E-state index in [2.05, 4.69) is 10.3 Å². The number of oxazole rings is 1. The lowest BCUT2D eigenvalue weighted by molar-refractivity contribution is 0.0690. The zero-order chi connectivity index (χ0) is 13.8. The number of amides is 1. The number of hydrogen-bond donors (Lipinski definition) is 2. The Morgan fingerprint density at radius 1 is 1.32 bits per heavy atom. The Kier molecular flexibility index (Phi) is 3.61. The fourth-order valence-electron chi connectivity index (χ4n) is 1.53. The van der Waals surface area contributed by atoms with Crippen LogP contribution in [0.4, 0.5) is 0 Å². The Morgan fingerprint density at radius 2 is 2.00 bits per heavy atom. The molecule has 0 bridgehead atoms. The van der Waals surface area contributed by atoms with E-state index in [1.165, 1.54) is 0 Å². The first-order chi connectivity index (χ1) is 9.11. The number of carboxylic acids is 1. The van der Waals surface area contributed by atoms with Crippen molar-refractivity contribution in [1.29, 1.82) is 0 Å². The van der Waals surface area contributed by atoms with E-state index in [1.54, 1.807) is 24.3 Å². The van der Waals surface area contributed by atoms with Crippen molar-refractivity contribution in [2.24, 2.45) is 0 Å². The predicted octanol–water partition coefficient (Wildman–Crippen LogP) is 1.79. The Balaban J connectivity index is 2.22. The third kappa shape index (κ3) is 2.79. The molecular weight excluding hydrogens is 248 g/mol. The van der Waals surface area contributed by atoms with E-state index in [1.807, 2.05) is 6.92 Å². The van der Waals surface area contributed by atoms with Gasteiger partial charge in [0.15, 0.2) is 5.69 Å². The second-order valence-electron chi connectivity index (χ2n) is 3.78. The summed E-state index contributed by atoms with van der Waals surface area (Å²) in [5.41, 5.74) is 0.985. The van der Waals surface area contributed by atoms with Gasteiger partial charge in [-0.15, -0.1) is 0 Å². The Bertz CT molecular complexity index is 601. The van der Waals surface area contributed by atoms with E-state index in [9.17, 15) is 9.59 Å². The summed E-state index contributed by atoms with van der Waals surface area (Å²) in [4.78, 5) is 26.1. The number of benzene rings is 1. The van der Waals surface area contributed by atoms with Gasteiger partial charge in [-0.2, -0.15) is 0 Å². The van der Waals surface area contributed by atoms with Crippen LogP contribution in [0.25, 0.3) is 11.5 Å².